The van der Waals surface area contributed by atoms with Crippen molar-refractivity contribution in [2.45, 2.75) is 32.0 Å². The Balaban J connectivity index is 1.67. The maximum Gasteiger partial charge on any atom is 0.269 e. The Bertz CT molecular complexity index is 664. The smallest absolute Gasteiger partial charge is 0.269 e. The van der Waals surface area contributed by atoms with Crippen LogP contribution in [0.1, 0.15) is 24.0 Å². The summed E-state index contributed by atoms with van der Waals surface area (Å²) in [5, 5.41) is 10.7. The van der Waals surface area contributed by atoms with Crippen LogP contribution in [0.25, 0.3) is 0 Å². The largest absolute Gasteiger partial charge is 0.497 e. The lowest BCUT2D eigenvalue weighted by Gasteiger charge is -2.22. The topological polar surface area (TPSA) is 55.6 Å². The van der Waals surface area contributed by atoms with Crippen LogP contribution >= 0.6 is 0 Å². The van der Waals surface area contributed by atoms with Crippen molar-refractivity contribution in [2.24, 2.45) is 0 Å². The zero-order valence-corrected chi connectivity index (χ0v) is 13.1. The van der Waals surface area contributed by atoms with E-state index in [0.717, 1.165) is 24.4 Å². The third-order valence-corrected chi connectivity index (χ3v) is 4.14. The lowest BCUT2D eigenvalue weighted by Crippen LogP contribution is -2.25. The van der Waals surface area contributed by atoms with Gasteiger partial charge < -0.3 is 4.74 Å². The Kier molecular flexibility index (Phi) is 4.57. The van der Waals surface area contributed by atoms with Gasteiger partial charge in [0.25, 0.3) is 5.69 Å². The van der Waals surface area contributed by atoms with Crippen LogP contribution in [0, 0.1) is 10.1 Å². The predicted molar refractivity (Wildman–Crippen MR) is 88.4 cm³/mol. The second-order valence-electron chi connectivity index (χ2n) is 5.91. The van der Waals surface area contributed by atoms with Crippen molar-refractivity contribution in [3.63, 3.8) is 0 Å². The number of nitrogens with zero attached hydrogens (tertiary/aromatic N) is 2. The van der Waals surface area contributed by atoms with E-state index in [2.05, 4.69) is 17.0 Å². The average molecular weight is 312 g/mol. The van der Waals surface area contributed by atoms with Gasteiger partial charge in [-0.25, -0.2) is 0 Å². The van der Waals surface area contributed by atoms with Gasteiger partial charge in [-0.1, -0.05) is 24.3 Å². The molecule has 0 radical (unpaired) electrons. The molecule has 1 fully saturated rings. The minimum atomic E-state index is -0.361. The number of benzene rings is 2. The summed E-state index contributed by atoms with van der Waals surface area (Å²) in [4.78, 5) is 12.8. The van der Waals surface area contributed by atoms with E-state index >= 15 is 0 Å². The van der Waals surface area contributed by atoms with Gasteiger partial charge in [0.2, 0.25) is 0 Å². The lowest BCUT2D eigenvalue weighted by molar-refractivity contribution is -0.384. The summed E-state index contributed by atoms with van der Waals surface area (Å²) in [6.45, 7) is 1.69. The number of hydrogen-bond donors (Lipinski definition) is 0. The van der Waals surface area contributed by atoms with Crippen molar-refractivity contribution < 1.29 is 9.66 Å². The third kappa shape index (κ3) is 4.07. The molecular weight excluding hydrogens is 292 g/mol. The molecule has 5 heteroatoms. The van der Waals surface area contributed by atoms with Crippen molar-refractivity contribution in [1.29, 1.82) is 0 Å². The van der Waals surface area contributed by atoms with Gasteiger partial charge in [0.1, 0.15) is 5.75 Å². The highest BCUT2D eigenvalue weighted by molar-refractivity contribution is 5.33. The summed E-state index contributed by atoms with van der Waals surface area (Å²) < 4.78 is 5.19. The number of non-ortho nitro benzene ring substituents is 1. The molecule has 0 heterocycles. The zero-order valence-electron chi connectivity index (χ0n) is 13.1. The number of nitro benzene ring substituents is 1. The molecule has 3 rings (SSSR count). The molecule has 0 bridgehead atoms. The second-order valence-corrected chi connectivity index (χ2v) is 5.91. The summed E-state index contributed by atoms with van der Waals surface area (Å²) in [5.41, 5.74) is 2.50. The Hall–Kier alpha value is -2.40. The van der Waals surface area contributed by atoms with Gasteiger partial charge in [-0.2, -0.15) is 0 Å². The number of nitro groups is 1. The van der Waals surface area contributed by atoms with Crippen molar-refractivity contribution in [1.82, 2.24) is 4.90 Å². The molecule has 23 heavy (non-hydrogen) atoms. The molecule has 1 saturated carbocycles. The Morgan fingerprint density at radius 1 is 1.04 bits per heavy atom. The zero-order chi connectivity index (χ0) is 16.2. The molecule has 0 spiro atoms. The van der Waals surface area contributed by atoms with E-state index in [-0.39, 0.29) is 10.6 Å². The number of methoxy groups -OCH3 is 1. The van der Waals surface area contributed by atoms with E-state index in [1.54, 1.807) is 19.2 Å². The Labute approximate surface area is 135 Å². The minimum Gasteiger partial charge on any atom is -0.497 e. The van der Waals surface area contributed by atoms with Crippen LogP contribution in [-0.2, 0) is 13.1 Å². The van der Waals surface area contributed by atoms with E-state index in [0.29, 0.717) is 6.04 Å². The first-order valence-corrected chi connectivity index (χ1v) is 7.76. The first-order chi connectivity index (χ1) is 11.2. The summed E-state index contributed by atoms with van der Waals surface area (Å²) >= 11 is 0. The van der Waals surface area contributed by atoms with Crippen LogP contribution in [0.4, 0.5) is 5.69 Å². The normalized spacial score (nSPS) is 14.0. The maximum absolute atomic E-state index is 10.7. The number of hydrogen-bond acceptors (Lipinski definition) is 4. The van der Waals surface area contributed by atoms with Crippen molar-refractivity contribution in [3.05, 3.63) is 69.8 Å². The number of ether oxygens (including phenoxy) is 1. The average Bonchev–Trinajstić information content (AvgIpc) is 3.40. The van der Waals surface area contributed by atoms with E-state index in [4.69, 9.17) is 4.74 Å². The highest BCUT2D eigenvalue weighted by Crippen LogP contribution is 2.30. The molecule has 0 unspecified atom stereocenters. The Morgan fingerprint density at radius 3 is 2.00 bits per heavy atom. The summed E-state index contributed by atoms with van der Waals surface area (Å²) in [7, 11) is 1.67. The first kappa shape index (κ1) is 15.5. The summed E-state index contributed by atoms with van der Waals surface area (Å²) in [6.07, 6.45) is 2.45. The van der Waals surface area contributed by atoms with Crippen molar-refractivity contribution in [3.8, 4) is 5.75 Å². The number of rotatable bonds is 7. The quantitative estimate of drug-likeness (QED) is 0.577. The van der Waals surface area contributed by atoms with Gasteiger partial charge in [-0.05, 0) is 36.1 Å². The van der Waals surface area contributed by atoms with E-state index < -0.39 is 0 Å². The molecule has 5 nitrogen and oxygen atoms in total. The van der Waals surface area contributed by atoms with E-state index in [9.17, 15) is 10.1 Å². The van der Waals surface area contributed by atoms with Gasteiger partial charge in [-0.15, -0.1) is 0 Å². The molecule has 120 valence electrons. The molecule has 1 aliphatic rings. The van der Waals surface area contributed by atoms with Crippen LogP contribution in [0.3, 0.4) is 0 Å². The fraction of sp³-hybridized carbons (Fsp3) is 0.333. The van der Waals surface area contributed by atoms with Gasteiger partial charge in [0.05, 0.1) is 12.0 Å². The lowest BCUT2D eigenvalue weighted by atomic mass is 10.1. The molecule has 1 aliphatic carbocycles. The maximum atomic E-state index is 10.7. The molecule has 0 saturated heterocycles. The van der Waals surface area contributed by atoms with Crippen molar-refractivity contribution in [2.75, 3.05) is 7.11 Å². The predicted octanol–water partition coefficient (Wildman–Crippen LogP) is 3.77. The molecule has 2 aromatic rings. The molecule has 0 atom stereocenters. The highest BCUT2D eigenvalue weighted by atomic mass is 16.6. The summed E-state index contributed by atoms with van der Waals surface area (Å²) in [6, 6.07) is 15.6. The first-order valence-electron chi connectivity index (χ1n) is 7.76. The molecule has 0 aliphatic heterocycles. The fourth-order valence-electron chi connectivity index (χ4n) is 2.68. The van der Waals surface area contributed by atoms with Crippen LogP contribution in [0.2, 0.25) is 0 Å². The van der Waals surface area contributed by atoms with Crippen LogP contribution < -0.4 is 4.74 Å². The van der Waals surface area contributed by atoms with E-state index in [1.165, 1.54) is 18.4 Å². The third-order valence-electron chi connectivity index (χ3n) is 4.14. The second kappa shape index (κ2) is 6.79. The molecule has 0 amide bonds. The SMILES string of the molecule is COc1ccc(CN(Cc2ccc([N+](=O)[O-])cc2)C2CC2)cc1. The van der Waals surface area contributed by atoms with Gasteiger partial charge >= 0.3 is 0 Å². The monoisotopic (exact) mass is 312 g/mol. The molecule has 0 N–H and O–H groups in total. The molecule has 2 aromatic carbocycles. The van der Waals surface area contributed by atoms with Gasteiger partial charge in [0.15, 0.2) is 0 Å². The van der Waals surface area contributed by atoms with Crippen LogP contribution in [-0.4, -0.2) is 23.0 Å². The van der Waals surface area contributed by atoms with Crippen molar-refractivity contribution >= 4 is 5.69 Å². The van der Waals surface area contributed by atoms with Crippen LogP contribution in [0.5, 0.6) is 5.75 Å². The van der Waals surface area contributed by atoms with Gasteiger partial charge in [-0.3, -0.25) is 15.0 Å². The summed E-state index contributed by atoms with van der Waals surface area (Å²) in [5.74, 6) is 0.863. The van der Waals surface area contributed by atoms with E-state index in [1.807, 2.05) is 24.3 Å². The standard InChI is InChI=1S/C18H20N2O3/c1-23-18-10-4-15(5-11-18)13-19(16-8-9-16)12-14-2-6-17(7-3-14)20(21)22/h2-7,10-11,16H,8-9,12-13H2,1H3. The minimum absolute atomic E-state index is 0.141. The molecular formula is C18H20N2O3. The van der Waals surface area contributed by atoms with Gasteiger partial charge in [0, 0.05) is 31.3 Å². The highest BCUT2D eigenvalue weighted by Gasteiger charge is 2.29. The molecule has 0 aromatic heterocycles. The Morgan fingerprint density at radius 2 is 1.57 bits per heavy atom. The fourth-order valence-corrected chi connectivity index (χ4v) is 2.68. The van der Waals surface area contributed by atoms with Crippen LogP contribution in [0.15, 0.2) is 48.5 Å².